The van der Waals surface area contributed by atoms with Crippen LogP contribution in [0.5, 0.6) is 0 Å². The number of carboxylic acids is 1. The minimum Gasteiger partial charge on any atom is -0.478 e. The zero-order chi connectivity index (χ0) is 16.1. The second kappa shape index (κ2) is 7.04. The first kappa shape index (κ1) is 17.7. The van der Waals surface area contributed by atoms with Crippen LogP contribution < -0.4 is 5.32 Å². The van der Waals surface area contributed by atoms with Gasteiger partial charge in [0.05, 0.1) is 16.1 Å². The van der Waals surface area contributed by atoms with Crippen molar-refractivity contribution in [2.24, 2.45) is 0 Å². The summed E-state index contributed by atoms with van der Waals surface area (Å²) in [5.41, 5.74) is 1.04. The molecule has 1 rings (SSSR count). The summed E-state index contributed by atoms with van der Waals surface area (Å²) in [4.78, 5) is 11.1. The van der Waals surface area contributed by atoms with Gasteiger partial charge in [0.15, 0.2) is 9.84 Å². The van der Waals surface area contributed by atoms with Crippen molar-refractivity contribution in [3.8, 4) is 0 Å². The van der Waals surface area contributed by atoms with Crippen molar-refractivity contribution < 1.29 is 18.3 Å². The van der Waals surface area contributed by atoms with E-state index in [0.29, 0.717) is 25.1 Å². The van der Waals surface area contributed by atoms with E-state index < -0.39 is 20.6 Å². The molecule has 0 atom stereocenters. The number of carboxylic acid groups (broad SMARTS) is 1. The first-order chi connectivity index (χ1) is 9.65. The minimum atomic E-state index is -3.12. The third-order valence-corrected chi connectivity index (χ3v) is 5.91. The van der Waals surface area contributed by atoms with Gasteiger partial charge in [0.2, 0.25) is 0 Å². The summed E-state index contributed by atoms with van der Waals surface area (Å²) in [6, 6.07) is 6.83. The lowest BCUT2D eigenvalue weighted by Gasteiger charge is -2.19. The third kappa shape index (κ3) is 5.13. The number of sulfone groups is 1. The fourth-order valence-corrected chi connectivity index (χ4v) is 2.83. The molecule has 1 aromatic carbocycles. The number of nitrogens with one attached hydrogen (secondary N) is 1. The van der Waals surface area contributed by atoms with Crippen molar-refractivity contribution in [1.29, 1.82) is 0 Å². The number of hydrogen-bond donors (Lipinski definition) is 2. The van der Waals surface area contributed by atoms with Crippen LogP contribution >= 0.6 is 0 Å². The topological polar surface area (TPSA) is 83.5 Å². The SMILES string of the molecule is CC(C)(C)S(=O)(=O)CCNCCc1ccccc1C(=O)O. The number of benzene rings is 1. The molecule has 0 amide bonds. The molecule has 0 unspecified atom stereocenters. The van der Waals surface area contributed by atoms with Gasteiger partial charge in [0, 0.05) is 6.54 Å². The minimum absolute atomic E-state index is 0.0804. The van der Waals surface area contributed by atoms with Crippen LogP contribution in [0.4, 0.5) is 0 Å². The molecule has 21 heavy (non-hydrogen) atoms. The zero-order valence-electron chi connectivity index (χ0n) is 12.7. The van der Waals surface area contributed by atoms with E-state index in [1.807, 2.05) is 0 Å². The van der Waals surface area contributed by atoms with E-state index in [1.165, 1.54) is 0 Å². The largest absolute Gasteiger partial charge is 0.478 e. The van der Waals surface area contributed by atoms with E-state index in [1.54, 1.807) is 45.0 Å². The lowest BCUT2D eigenvalue weighted by molar-refractivity contribution is 0.0695. The third-order valence-electron chi connectivity index (χ3n) is 3.30. The zero-order valence-corrected chi connectivity index (χ0v) is 13.5. The van der Waals surface area contributed by atoms with Crippen LogP contribution in [-0.4, -0.2) is 43.1 Å². The maximum absolute atomic E-state index is 11.9. The molecule has 0 radical (unpaired) electrons. The molecule has 0 aliphatic carbocycles. The monoisotopic (exact) mass is 313 g/mol. The standard InChI is InChI=1S/C15H23NO4S/c1-15(2,3)21(19,20)11-10-16-9-8-12-6-4-5-7-13(12)14(17)18/h4-7,16H,8-11H2,1-3H3,(H,17,18). The van der Waals surface area contributed by atoms with Gasteiger partial charge in [-0.05, 0) is 45.4 Å². The smallest absolute Gasteiger partial charge is 0.335 e. The average molecular weight is 313 g/mol. The Labute approximate surface area is 126 Å². The summed E-state index contributed by atoms with van der Waals surface area (Å²) in [6.45, 7) is 5.97. The fourth-order valence-electron chi connectivity index (χ4n) is 1.81. The van der Waals surface area contributed by atoms with Crippen molar-refractivity contribution in [3.63, 3.8) is 0 Å². The van der Waals surface area contributed by atoms with Crippen LogP contribution in [0, 0.1) is 0 Å². The van der Waals surface area contributed by atoms with Crippen molar-refractivity contribution in [2.45, 2.75) is 31.9 Å². The Kier molecular flexibility index (Phi) is 5.92. The molecule has 0 heterocycles. The van der Waals surface area contributed by atoms with E-state index >= 15 is 0 Å². The molecule has 2 N–H and O–H groups in total. The van der Waals surface area contributed by atoms with Gasteiger partial charge in [-0.2, -0.15) is 0 Å². The lowest BCUT2D eigenvalue weighted by Crippen LogP contribution is -2.35. The molecule has 118 valence electrons. The van der Waals surface area contributed by atoms with E-state index in [2.05, 4.69) is 5.32 Å². The van der Waals surface area contributed by atoms with Crippen molar-refractivity contribution in [1.82, 2.24) is 5.32 Å². The van der Waals surface area contributed by atoms with Crippen LogP contribution in [0.15, 0.2) is 24.3 Å². The summed E-state index contributed by atoms with van der Waals surface area (Å²) in [5, 5.41) is 12.1. The number of rotatable bonds is 7. The molecule has 0 aliphatic rings. The molecule has 0 fully saturated rings. The van der Waals surface area contributed by atoms with Crippen LogP contribution in [0.2, 0.25) is 0 Å². The highest BCUT2D eigenvalue weighted by atomic mass is 32.2. The van der Waals surface area contributed by atoms with Gasteiger partial charge in [-0.25, -0.2) is 13.2 Å². The van der Waals surface area contributed by atoms with E-state index in [0.717, 1.165) is 5.56 Å². The molecule has 6 heteroatoms. The molecule has 1 aromatic rings. The Bertz CT molecular complexity index is 588. The molecule has 0 bridgehead atoms. The highest BCUT2D eigenvalue weighted by molar-refractivity contribution is 7.92. The molecule has 0 saturated carbocycles. The van der Waals surface area contributed by atoms with Gasteiger partial charge in [0.25, 0.3) is 0 Å². The van der Waals surface area contributed by atoms with Crippen molar-refractivity contribution in [3.05, 3.63) is 35.4 Å². The second-order valence-corrected chi connectivity index (χ2v) is 8.76. The highest BCUT2D eigenvalue weighted by Gasteiger charge is 2.27. The Morgan fingerprint density at radius 3 is 2.38 bits per heavy atom. The van der Waals surface area contributed by atoms with Crippen molar-refractivity contribution >= 4 is 15.8 Å². The van der Waals surface area contributed by atoms with Crippen molar-refractivity contribution in [2.75, 3.05) is 18.8 Å². The van der Waals surface area contributed by atoms with Crippen LogP contribution in [0.25, 0.3) is 0 Å². The number of carbonyl (C=O) groups is 1. The maximum Gasteiger partial charge on any atom is 0.335 e. The molecular formula is C15H23NO4S. The lowest BCUT2D eigenvalue weighted by atomic mass is 10.0. The summed E-state index contributed by atoms with van der Waals surface area (Å²) in [5.74, 6) is -0.863. The first-order valence-electron chi connectivity index (χ1n) is 6.89. The fraction of sp³-hybridized carbons (Fsp3) is 0.533. The second-order valence-electron chi connectivity index (χ2n) is 5.89. The average Bonchev–Trinajstić information content (AvgIpc) is 2.37. The molecule has 0 aromatic heterocycles. The predicted molar refractivity (Wildman–Crippen MR) is 83.5 cm³/mol. The van der Waals surface area contributed by atoms with E-state index in [4.69, 9.17) is 5.11 Å². The number of aromatic carboxylic acids is 1. The highest BCUT2D eigenvalue weighted by Crippen LogP contribution is 2.15. The van der Waals surface area contributed by atoms with Gasteiger partial charge in [-0.15, -0.1) is 0 Å². The van der Waals surface area contributed by atoms with E-state index in [-0.39, 0.29) is 5.75 Å². The van der Waals surface area contributed by atoms with Gasteiger partial charge in [-0.1, -0.05) is 18.2 Å². The summed E-state index contributed by atoms with van der Waals surface area (Å²) in [7, 11) is -3.12. The Balaban J connectivity index is 2.45. The summed E-state index contributed by atoms with van der Waals surface area (Å²) in [6.07, 6.45) is 0.554. The Hall–Kier alpha value is -1.40. The first-order valence-corrected chi connectivity index (χ1v) is 8.54. The number of hydrogen-bond acceptors (Lipinski definition) is 4. The van der Waals surface area contributed by atoms with Gasteiger partial charge in [-0.3, -0.25) is 0 Å². The molecule has 0 aliphatic heterocycles. The molecular weight excluding hydrogens is 290 g/mol. The van der Waals surface area contributed by atoms with Crippen LogP contribution in [0.1, 0.15) is 36.7 Å². The van der Waals surface area contributed by atoms with Crippen LogP contribution in [-0.2, 0) is 16.3 Å². The molecule has 0 spiro atoms. The maximum atomic E-state index is 11.9. The summed E-state index contributed by atoms with van der Waals surface area (Å²) >= 11 is 0. The van der Waals surface area contributed by atoms with E-state index in [9.17, 15) is 13.2 Å². The quantitative estimate of drug-likeness (QED) is 0.749. The Morgan fingerprint density at radius 1 is 1.19 bits per heavy atom. The predicted octanol–water partition coefficient (Wildman–Crippen LogP) is 1.73. The van der Waals surface area contributed by atoms with Gasteiger partial charge in [0.1, 0.15) is 0 Å². The molecule has 5 nitrogen and oxygen atoms in total. The van der Waals surface area contributed by atoms with Gasteiger partial charge < -0.3 is 10.4 Å². The van der Waals surface area contributed by atoms with Gasteiger partial charge >= 0.3 is 5.97 Å². The van der Waals surface area contributed by atoms with Crippen LogP contribution in [0.3, 0.4) is 0 Å². The Morgan fingerprint density at radius 2 is 1.81 bits per heavy atom. The molecule has 0 saturated heterocycles. The normalized spacial score (nSPS) is 12.3. The summed E-state index contributed by atoms with van der Waals surface area (Å²) < 4.78 is 23.1.